The summed E-state index contributed by atoms with van der Waals surface area (Å²) >= 11 is 0. The Morgan fingerprint density at radius 3 is 1.30 bits per heavy atom. The summed E-state index contributed by atoms with van der Waals surface area (Å²) in [7, 11) is 1.49. The van der Waals surface area contributed by atoms with E-state index in [2.05, 4.69) is 74.1 Å². The average Bonchev–Trinajstić information content (AvgIpc) is 1.71. The third-order valence-corrected chi connectivity index (χ3v) is 20.7. The first-order chi connectivity index (χ1) is 54.9. The van der Waals surface area contributed by atoms with Crippen LogP contribution in [0.2, 0.25) is 0 Å². The Bertz CT molecular complexity index is 4130. The number of H-pyrrole nitrogens is 1. The van der Waals surface area contributed by atoms with Crippen LogP contribution in [0.25, 0.3) is 10.9 Å². The Labute approximate surface area is 670 Å². The maximum absolute atomic E-state index is 15.4. The molecule has 1 aliphatic heterocycles. The lowest BCUT2D eigenvalue weighted by atomic mass is 10.00. The molecule has 0 radical (unpaired) electrons. The van der Waals surface area contributed by atoms with Gasteiger partial charge in [-0.05, 0) is 101 Å². The Morgan fingerprint density at radius 2 is 0.852 bits per heavy atom. The van der Waals surface area contributed by atoms with Gasteiger partial charge in [0.1, 0.15) is 72.5 Å². The van der Waals surface area contributed by atoms with Gasteiger partial charge in [0.15, 0.2) is 0 Å². The van der Waals surface area contributed by atoms with Crippen molar-refractivity contribution >= 4 is 121 Å². The summed E-state index contributed by atoms with van der Waals surface area (Å²) in [5.74, 6) is -17.7. The highest BCUT2D eigenvalue weighted by atomic mass is 33.1. The third-order valence-electron chi connectivity index (χ3n) is 18.3. The highest BCUT2D eigenvalue weighted by Gasteiger charge is 2.40. The summed E-state index contributed by atoms with van der Waals surface area (Å²) in [4.78, 5) is 217. The maximum Gasteiger partial charge on any atom is 0.327 e. The molecule has 4 aromatic carbocycles. The fraction of sp³-hybridized carbons (Fsp3) is 0.461. The van der Waals surface area contributed by atoms with E-state index in [4.69, 9.17) is 22.9 Å². The minimum Gasteiger partial charge on any atom is -0.480 e. The van der Waals surface area contributed by atoms with E-state index in [1.54, 1.807) is 121 Å². The zero-order valence-corrected chi connectivity index (χ0v) is 65.4. The topological polar surface area (TPSA) is 613 Å². The highest BCUT2D eigenvalue weighted by molar-refractivity contribution is 8.76. The lowest BCUT2D eigenvalue weighted by Gasteiger charge is -2.29. The van der Waals surface area contributed by atoms with Crippen LogP contribution in [0, 0.1) is 0 Å². The number of aliphatic hydroxyl groups excluding tert-OH is 3. The quantitative estimate of drug-likeness (QED) is 0.0182. The smallest absolute Gasteiger partial charge is 0.327 e. The first kappa shape index (κ1) is 92.8. The average molecular weight is 1640 g/mol. The summed E-state index contributed by atoms with van der Waals surface area (Å²) < 4.78 is 0. The number of carboxylic acid groups (broad SMARTS) is 1. The van der Waals surface area contributed by atoms with E-state index < -0.39 is 210 Å². The number of nitrogens with two attached hydrogens (primary N) is 4. The molecule has 1 fully saturated rings. The number of carbonyl (C=O) groups is 15. The molecular weight excluding hydrogens is 1530 g/mol. The maximum atomic E-state index is 15.4. The number of primary amides is 1. The fourth-order valence-corrected chi connectivity index (χ4v) is 14.3. The second-order valence-electron chi connectivity index (χ2n) is 27.6. The van der Waals surface area contributed by atoms with Gasteiger partial charge in [-0.2, -0.15) is 0 Å². The first-order valence-electron chi connectivity index (χ1n) is 37.4. The number of hydrogen-bond donors (Lipinski definition) is 22. The number of fused-ring (bicyclic) bond motifs is 1. The number of aliphatic carboxylic acids is 1. The van der Waals surface area contributed by atoms with Crippen molar-refractivity contribution in [3.8, 4) is 0 Å². The minimum atomic E-state index is -1.99. The van der Waals surface area contributed by atoms with E-state index >= 15 is 14.4 Å². The number of benzene rings is 4. The molecule has 39 heteroatoms. The third kappa shape index (κ3) is 30.7. The molecule has 6 rings (SSSR count). The van der Waals surface area contributed by atoms with Crippen LogP contribution in [-0.2, 0) is 97.6 Å². The van der Waals surface area contributed by atoms with Crippen molar-refractivity contribution in [3.05, 3.63) is 144 Å². The van der Waals surface area contributed by atoms with Gasteiger partial charge in [-0.25, -0.2) is 4.79 Å². The summed E-state index contributed by atoms with van der Waals surface area (Å²) in [6.45, 7) is 1.88. The summed E-state index contributed by atoms with van der Waals surface area (Å²) in [5, 5.41) is 76.1. The highest BCUT2D eigenvalue weighted by Crippen LogP contribution is 2.25. The van der Waals surface area contributed by atoms with Crippen molar-refractivity contribution < 1.29 is 92.3 Å². The number of aliphatic hydroxyl groups is 3. The van der Waals surface area contributed by atoms with Gasteiger partial charge in [-0.15, -0.1) is 0 Å². The van der Waals surface area contributed by atoms with Crippen LogP contribution in [0.3, 0.4) is 0 Å². The van der Waals surface area contributed by atoms with E-state index in [0.29, 0.717) is 39.6 Å². The van der Waals surface area contributed by atoms with Crippen LogP contribution >= 0.6 is 21.6 Å². The van der Waals surface area contributed by atoms with Gasteiger partial charge in [0, 0.05) is 54.3 Å². The molecule has 14 amide bonds. The monoisotopic (exact) mass is 1640 g/mol. The van der Waals surface area contributed by atoms with Crippen LogP contribution in [0.5, 0.6) is 0 Å². The number of para-hydroxylation sites is 1. The van der Waals surface area contributed by atoms with Gasteiger partial charge in [-0.1, -0.05) is 131 Å². The lowest BCUT2D eigenvalue weighted by molar-refractivity contribution is -0.142. The van der Waals surface area contributed by atoms with Gasteiger partial charge in [0.25, 0.3) is 0 Å². The molecule has 15 atom stereocenters. The Balaban J connectivity index is 1.47. The molecular formula is C76H104N18O19S2. The SMILES string of the molecule is C[C@H](N)C(=O)NCC(=O)N[C@H]1CSSC[C@@H](C(=O)O)NC(=O)C(CO)NC(=O)[C@H]([C@@H](C)O)NC(=O)C(Cc2ccccc2)NC(=O)[C@H]([C@@H](C)O)NC(=O)[C@H](CCCCN)NC(=O)C(Cc2c[nH]c3ccccc23)NC(=O)[C@H](Cc2ccccc2)NC(=O)C(Cc2ccccc2)NC(=O)[C@H](CC(N)=O)NC(=O)[C@H](CCCCN)NC1=O. The number of nitrogens with one attached hydrogen (secondary N) is 14. The van der Waals surface area contributed by atoms with Crippen molar-refractivity contribution in [2.24, 2.45) is 22.9 Å². The second kappa shape index (κ2) is 47.6. The van der Waals surface area contributed by atoms with Crippen molar-refractivity contribution in [2.45, 2.75) is 182 Å². The molecule has 624 valence electrons. The molecule has 0 aliphatic carbocycles. The van der Waals surface area contributed by atoms with Crippen molar-refractivity contribution in [1.82, 2.24) is 74.1 Å². The molecule has 0 spiro atoms. The van der Waals surface area contributed by atoms with Crippen LogP contribution in [0.4, 0.5) is 0 Å². The number of hydrogen-bond acceptors (Lipinski definition) is 23. The molecule has 1 aliphatic rings. The molecule has 0 saturated carbocycles. The van der Waals surface area contributed by atoms with Crippen molar-refractivity contribution in [3.63, 3.8) is 0 Å². The molecule has 5 aromatic rings. The van der Waals surface area contributed by atoms with E-state index in [1.807, 2.05) is 0 Å². The van der Waals surface area contributed by atoms with Gasteiger partial charge < -0.3 is 117 Å². The number of amides is 14. The number of carbonyl (C=O) groups excluding carboxylic acids is 14. The van der Waals surface area contributed by atoms with Crippen LogP contribution < -0.4 is 92.1 Å². The normalized spacial score (nSPS) is 23.7. The standard InChI is InChI=1S/C76H104N18O19S2/c1-41(79)64(100)82-37-61(99)83-58-39-114-115-40-59(76(112)113)92-72(108)57(38-95)91-75(111)63(43(3)97)94-71(107)54(33-46-23-11-6-12-24-46)90-74(110)62(42(2)96)93-66(102)51(28-16-18-30-78)84-69(105)55(34-47-36-81-49-26-14-13-25-48(47)49)88-68(104)53(32-45-21-9-5-10-22-45)86-67(103)52(31-44-19-7-4-8-20-44)87-70(106)56(35-60(80)98)89-65(101)50(85-73(58)109)27-15-17-29-77/h4-14,19-26,36,41-43,50-59,62-63,81,95-97H,15-18,27-35,37-40,77-79H2,1-3H3,(H2,80,98)(H,82,100)(H,83,99)(H,84,105)(H,85,109)(H,86,103)(H,87,106)(H,88,104)(H,89,101)(H,90,110)(H,91,111)(H,92,108)(H,93,102)(H,94,107)(H,112,113)/t41-,42+,43+,50-,51-,52?,53-,54?,55?,56-,57?,58-,59-,62-,63-/m0/s1. The Morgan fingerprint density at radius 1 is 0.470 bits per heavy atom. The van der Waals surface area contributed by atoms with E-state index in [9.17, 15) is 78.0 Å². The molecule has 26 N–H and O–H groups in total. The number of aromatic amines is 1. The molecule has 37 nitrogen and oxygen atoms in total. The zero-order chi connectivity index (χ0) is 84.3. The first-order valence-corrected chi connectivity index (χ1v) is 39.8. The second-order valence-corrected chi connectivity index (χ2v) is 30.1. The predicted molar refractivity (Wildman–Crippen MR) is 425 cm³/mol. The van der Waals surface area contributed by atoms with Gasteiger partial charge in [0.05, 0.1) is 37.8 Å². The van der Waals surface area contributed by atoms with Crippen LogP contribution in [0.15, 0.2) is 121 Å². The van der Waals surface area contributed by atoms with Gasteiger partial charge >= 0.3 is 5.97 Å². The van der Waals surface area contributed by atoms with Crippen LogP contribution in [0.1, 0.15) is 88.0 Å². The van der Waals surface area contributed by atoms with Crippen molar-refractivity contribution in [1.29, 1.82) is 0 Å². The molecule has 1 saturated heterocycles. The molecule has 2 heterocycles. The van der Waals surface area contributed by atoms with Gasteiger partial charge in [-0.3, -0.25) is 67.1 Å². The lowest BCUT2D eigenvalue weighted by Crippen LogP contribution is -2.63. The number of carboxylic acids is 1. The zero-order valence-electron chi connectivity index (χ0n) is 63.8. The van der Waals surface area contributed by atoms with Crippen molar-refractivity contribution in [2.75, 3.05) is 37.7 Å². The number of rotatable bonds is 26. The van der Waals surface area contributed by atoms with Gasteiger partial charge in [0.2, 0.25) is 82.7 Å². The summed E-state index contributed by atoms with van der Waals surface area (Å²) in [5.41, 5.74) is 25.6. The Kier molecular flexibility index (Phi) is 38.4. The van der Waals surface area contributed by atoms with Crippen LogP contribution in [-0.4, -0.2) is 243 Å². The minimum absolute atomic E-state index is 0.104. The molecule has 0 bridgehead atoms. The molecule has 4 unspecified atom stereocenters. The fourth-order valence-electron chi connectivity index (χ4n) is 11.9. The van der Waals surface area contributed by atoms with E-state index in [0.717, 1.165) is 35.4 Å². The van der Waals surface area contributed by atoms with E-state index in [-0.39, 0.29) is 70.9 Å². The summed E-state index contributed by atoms with van der Waals surface area (Å²) in [6.07, 6.45) is -3.48. The Hall–Kier alpha value is -11.1. The van der Waals surface area contributed by atoms with E-state index in [1.165, 1.54) is 6.92 Å². The largest absolute Gasteiger partial charge is 0.480 e. The number of aromatic nitrogens is 1. The molecule has 115 heavy (non-hydrogen) atoms. The predicted octanol–water partition coefficient (Wildman–Crippen LogP) is -4.91. The summed E-state index contributed by atoms with van der Waals surface area (Å²) in [6, 6.07) is 9.57. The molecule has 1 aromatic heterocycles. The number of unbranched alkanes of at least 4 members (excludes halogenated alkanes) is 2.